The number of ether oxygens (including phenoxy) is 1. The lowest BCUT2D eigenvalue weighted by Gasteiger charge is -2.35. The molecule has 0 N–H and O–H groups in total. The van der Waals surface area contributed by atoms with E-state index in [0.717, 1.165) is 12.8 Å². The van der Waals surface area contributed by atoms with Gasteiger partial charge >= 0.3 is 13.1 Å². The van der Waals surface area contributed by atoms with E-state index in [9.17, 15) is 9.59 Å². The average molecular weight is 425 g/mol. The largest absolute Gasteiger partial charge is 0.467 e. The van der Waals surface area contributed by atoms with Crippen LogP contribution in [0.25, 0.3) is 0 Å². The van der Waals surface area contributed by atoms with E-state index in [-0.39, 0.29) is 42.2 Å². The van der Waals surface area contributed by atoms with Gasteiger partial charge in [-0.05, 0) is 59.1 Å². The van der Waals surface area contributed by atoms with Crippen LogP contribution in [0.5, 0.6) is 0 Å². The molecule has 0 unspecified atom stereocenters. The molecular formula is C24H32BNO5. The molecule has 3 heterocycles. The number of rotatable bonds is 5. The lowest BCUT2D eigenvalue weighted by Crippen LogP contribution is -2.54. The predicted molar refractivity (Wildman–Crippen MR) is 119 cm³/mol. The molecule has 166 valence electrons. The Morgan fingerprint density at radius 2 is 1.81 bits per heavy atom. The maximum Gasteiger partial charge on any atom is 0.461 e. The van der Waals surface area contributed by atoms with Crippen molar-refractivity contribution in [3.05, 3.63) is 48.0 Å². The third-order valence-corrected chi connectivity index (χ3v) is 7.57. The van der Waals surface area contributed by atoms with E-state index in [1.807, 2.05) is 52.0 Å². The molecule has 6 nitrogen and oxygen atoms in total. The van der Waals surface area contributed by atoms with E-state index < -0.39 is 5.54 Å². The van der Waals surface area contributed by atoms with Crippen molar-refractivity contribution in [3.8, 4) is 0 Å². The quantitative estimate of drug-likeness (QED) is 0.407. The van der Waals surface area contributed by atoms with Gasteiger partial charge in [0.05, 0.1) is 18.3 Å². The van der Waals surface area contributed by atoms with Gasteiger partial charge < -0.3 is 18.9 Å². The minimum Gasteiger partial charge on any atom is -0.467 e. The first-order valence-corrected chi connectivity index (χ1v) is 11.1. The van der Waals surface area contributed by atoms with Crippen molar-refractivity contribution in [1.29, 1.82) is 0 Å². The first-order valence-electron chi connectivity index (χ1n) is 11.1. The molecule has 31 heavy (non-hydrogen) atoms. The minimum absolute atomic E-state index is 0.0401. The van der Waals surface area contributed by atoms with Crippen molar-refractivity contribution < 1.29 is 23.6 Å². The van der Waals surface area contributed by atoms with Gasteiger partial charge in [-0.25, -0.2) is 4.79 Å². The van der Waals surface area contributed by atoms with Gasteiger partial charge in [0.25, 0.3) is 5.91 Å². The van der Waals surface area contributed by atoms with Gasteiger partial charge in [0.1, 0.15) is 5.54 Å². The maximum absolute atomic E-state index is 13.4. The second-order valence-corrected chi connectivity index (χ2v) is 9.84. The minimum atomic E-state index is -0.946. The average Bonchev–Trinajstić information content (AvgIpc) is 3.33. The number of carbonyl (C=O) groups excluding carboxylic acids is 2. The molecule has 3 aliphatic rings. The summed E-state index contributed by atoms with van der Waals surface area (Å²) in [6.07, 6.45) is 6.88. The standard InChI is InChI=1S/C24H32BNO5/c1-22(2)23(3,4)31-25(30-22)15-9-12-18-16-19-13-14-24(18,21(28)29-5)26(19)20(27)17-10-7-6-8-11-17/h6-12,18-19H,13-16H2,1-5H3/b12-9+/t18-,19+,24+/m0/s1. The van der Waals surface area contributed by atoms with Gasteiger partial charge in [-0.1, -0.05) is 30.4 Å². The zero-order chi connectivity index (χ0) is 22.4. The molecule has 3 atom stereocenters. The molecule has 0 aliphatic carbocycles. The van der Waals surface area contributed by atoms with E-state index in [1.54, 1.807) is 17.0 Å². The second-order valence-electron chi connectivity index (χ2n) is 9.84. The molecule has 1 aromatic rings. The van der Waals surface area contributed by atoms with Crippen LogP contribution in [0.1, 0.15) is 57.3 Å². The molecule has 1 amide bonds. The number of hydrogen-bond donors (Lipinski definition) is 0. The molecule has 0 spiro atoms. The summed E-state index contributed by atoms with van der Waals surface area (Å²) in [6, 6.07) is 9.21. The number of carbonyl (C=O) groups is 2. The third kappa shape index (κ3) is 3.52. The summed E-state index contributed by atoms with van der Waals surface area (Å²) in [5.74, 6) is -0.522. The van der Waals surface area contributed by atoms with Crippen molar-refractivity contribution >= 4 is 19.0 Å². The van der Waals surface area contributed by atoms with Crippen molar-refractivity contribution in [2.24, 2.45) is 5.92 Å². The molecule has 0 radical (unpaired) electrons. The highest BCUT2D eigenvalue weighted by Crippen LogP contribution is 2.52. The molecule has 3 fully saturated rings. The number of hydrogen-bond acceptors (Lipinski definition) is 5. The summed E-state index contributed by atoms with van der Waals surface area (Å²) < 4.78 is 17.4. The van der Waals surface area contributed by atoms with Crippen LogP contribution in [0.2, 0.25) is 6.32 Å². The number of esters is 1. The topological polar surface area (TPSA) is 65.1 Å². The lowest BCUT2D eigenvalue weighted by molar-refractivity contribution is -0.152. The Bertz CT molecular complexity index is 867. The maximum atomic E-state index is 13.4. The number of fused-ring (bicyclic) bond motifs is 2. The molecule has 2 bridgehead atoms. The fraction of sp³-hybridized carbons (Fsp3) is 0.583. The van der Waals surface area contributed by atoms with E-state index >= 15 is 0 Å². The molecule has 3 aliphatic heterocycles. The molecule has 0 aromatic heterocycles. The van der Waals surface area contributed by atoms with Crippen LogP contribution >= 0.6 is 0 Å². The summed E-state index contributed by atoms with van der Waals surface area (Å²) in [6.45, 7) is 8.13. The summed E-state index contributed by atoms with van der Waals surface area (Å²) in [7, 11) is 1.08. The van der Waals surface area contributed by atoms with Gasteiger partial charge in [0.2, 0.25) is 0 Å². The Kier molecular flexibility index (Phi) is 5.55. The summed E-state index contributed by atoms with van der Waals surface area (Å²) in [4.78, 5) is 28.2. The number of amides is 1. The Morgan fingerprint density at radius 3 is 2.42 bits per heavy atom. The highest BCUT2D eigenvalue weighted by molar-refractivity contribution is 6.46. The van der Waals surface area contributed by atoms with Gasteiger partial charge in [-0.15, -0.1) is 0 Å². The van der Waals surface area contributed by atoms with Crippen molar-refractivity contribution in [3.63, 3.8) is 0 Å². The second kappa shape index (κ2) is 7.78. The Morgan fingerprint density at radius 1 is 1.16 bits per heavy atom. The van der Waals surface area contributed by atoms with E-state index in [1.165, 1.54) is 7.11 Å². The first-order chi connectivity index (χ1) is 14.6. The van der Waals surface area contributed by atoms with E-state index in [4.69, 9.17) is 14.0 Å². The Hall–Kier alpha value is -2.12. The molecule has 1 aromatic carbocycles. The zero-order valence-electron chi connectivity index (χ0n) is 19.1. The van der Waals surface area contributed by atoms with Crippen molar-refractivity contribution in [1.82, 2.24) is 4.90 Å². The van der Waals surface area contributed by atoms with Crippen LogP contribution in [0.15, 0.2) is 42.5 Å². The van der Waals surface area contributed by atoms with E-state index in [2.05, 4.69) is 6.08 Å². The van der Waals surface area contributed by atoms with Gasteiger partial charge in [0, 0.05) is 23.8 Å². The summed E-state index contributed by atoms with van der Waals surface area (Å²) in [5.41, 5.74) is -1.09. The van der Waals surface area contributed by atoms with Crippen LogP contribution < -0.4 is 0 Å². The number of benzene rings is 1. The molecular weight excluding hydrogens is 393 g/mol. The Balaban J connectivity index is 1.54. The Labute approximate surface area is 185 Å². The smallest absolute Gasteiger partial charge is 0.461 e. The zero-order valence-corrected chi connectivity index (χ0v) is 19.1. The monoisotopic (exact) mass is 425 g/mol. The fourth-order valence-electron chi connectivity index (χ4n) is 5.29. The predicted octanol–water partition coefficient (Wildman–Crippen LogP) is 3.87. The normalized spacial score (nSPS) is 30.9. The van der Waals surface area contributed by atoms with Gasteiger partial charge in [-0.2, -0.15) is 0 Å². The van der Waals surface area contributed by atoms with Gasteiger partial charge in [0.15, 0.2) is 0 Å². The van der Waals surface area contributed by atoms with Crippen molar-refractivity contribution in [2.75, 3.05) is 7.11 Å². The van der Waals surface area contributed by atoms with Crippen LogP contribution in [-0.4, -0.2) is 53.8 Å². The first kappa shape index (κ1) is 22.1. The lowest BCUT2D eigenvalue weighted by atomic mass is 9.76. The molecule has 4 rings (SSSR count). The third-order valence-electron chi connectivity index (χ3n) is 7.57. The molecule has 0 saturated carbocycles. The summed E-state index contributed by atoms with van der Waals surface area (Å²) >= 11 is 0. The number of allylic oxidation sites excluding steroid dienone is 1. The van der Waals surface area contributed by atoms with Gasteiger partial charge in [-0.3, -0.25) is 4.79 Å². The van der Waals surface area contributed by atoms with Crippen LogP contribution in [-0.2, 0) is 18.8 Å². The highest BCUT2D eigenvalue weighted by Gasteiger charge is 2.64. The fourth-order valence-corrected chi connectivity index (χ4v) is 5.29. The number of methoxy groups -OCH3 is 1. The number of nitrogens with zero attached hydrogens (tertiary/aromatic N) is 1. The summed E-state index contributed by atoms with van der Waals surface area (Å²) in [5, 5.41) is 0. The van der Waals surface area contributed by atoms with Crippen LogP contribution in [0.4, 0.5) is 0 Å². The molecule has 3 saturated heterocycles. The van der Waals surface area contributed by atoms with Crippen LogP contribution in [0, 0.1) is 5.92 Å². The molecule has 7 heteroatoms. The highest BCUT2D eigenvalue weighted by atomic mass is 16.7. The van der Waals surface area contributed by atoms with E-state index in [0.29, 0.717) is 18.3 Å². The van der Waals surface area contributed by atoms with Crippen molar-refractivity contribution in [2.45, 2.75) is 76.1 Å². The van der Waals surface area contributed by atoms with Crippen LogP contribution in [0.3, 0.4) is 0 Å². The SMILES string of the molecule is COC(=O)[C@@]12CC[C@H](C[C@@H]1/C=C/CB1OC(C)(C)C(C)(C)O1)N2C(=O)c1ccccc1.